The maximum Gasteiger partial charge on any atom is 0.258 e. The van der Waals surface area contributed by atoms with E-state index in [1.165, 1.54) is 24.3 Å². The summed E-state index contributed by atoms with van der Waals surface area (Å²) in [6.07, 6.45) is 3.73. The summed E-state index contributed by atoms with van der Waals surface area (Å²) >= 11 is 11.4. The zero-order valence-corrected chi connectivity index (χ0v) is 21.2. The molecule has 10 heteroatoms. The molecule has 3 saturated carbocycles. The van der Waals surface area contributed by atoms with Gasteiger partial charge in [-0.05, 0) is 68.4 Å². The van der Waals surface area contributed by atoms with Crippen LogP contribution in [-0.2, 0) is 16.1 Å². The van der Waals surface area contributed by atoms with Crippen LogP contribution in [0.5, 0.6) is 5.75 Å². The van der Waals surface area contributed by atoms with Crippen molar-refractivity contribution in [2.24, 2.45) is 5.41 Å². The number of aliphatic hydroxyl groups is 1. The highest BCUT2D eigenvalue weighted by atomic mass is 35.5. The molecular weight excluding hydrogens is 513 g/mol. The summed E-state index contributed by atoms with van der Waals surface area (Å²) < 4.78 is 32.9. The molecule has 2 N–H and O–H groups in total. The molecule has 2 bridgehead atoms. The van der Waals surface area contributed by atoms with E-state index in [0.717, 1.165) is 6.07 Å². The van der Waals surface area contributed by atoms with E-state index in [-0.39, 0.29) is 53.9 Å². The van der Waals surface area contributed by atoms with Crippen LogP contribution in [0.15, 0.2) is 36.4 Å². The third-order valence-corrected chi connectivity index (χ3v) is 7.99. The fourth-order valence-electron chi connectivity index (χ4n) is 5.31. The first-order chi connectivity index (χ1) is 17.2. The van der Waals surface area contributed by atoms with Crippen molar-refractivity contribution < 1.29 is 28.2 Å². The van der Waals surface area contributed by atoms with Crippen LogP contribution in [0, 0.1) is 17.0 Å². The number of hydrogen-bond acceptors (Lipinski definition) is 4. The number of benzene rings is 2. The molecule has 2 aromatic rings. The standard InChI is InChI=1S/C26H28Cl2F2N2O4/c27-19-3-1-17(13-21(19)29)15-32(11-12-33)24(35)25-5-8-26(9-6-25,10-7-25)31-23(34)16-36-18-2-4-20(28)22(30)14-18/h1-4,13-14,33H,5-12,15-16H2,(H,31,34). The number of aliphatic hydroxyl groups excluding tert-OH is 1. The van der Waals surface area contributed by atoms with Gasteiger partial charge in [0.05, 0.1) is 16.7 Å². The number of ether oxygens (including phenoxy) is 1. The van der Waals surface area contributed by atoms with Crippen molar-refractivity contribution in [3.05, 3.63) is 63.6 Å². The number of carbonyl (C=O) groups excluding carboxylic acids is 2. The molecule has 3 fully saturated rings. The van der Waals surface area contributed by atoms with E-state index in [1.807, 2.05) is 0 Å². The molecule has 36 heavy (non-hydrogen) atoms. The molecule has 2 aromatic carbocycles. The normalized spacial score (nSPS) is 22.8. The van der Waals surface area contributed by atoms with Crippen molar-refractivity contribution in [2.45, 2.75) is 50.6 Å². The fourth-order valence-corrected chi connectivity index (χ4v) is 5.54. The summed E-state index contributed by atoms with van der Waals surface area (Å²) in [5, 5.41) is 12.6. The molecule has 3 aliphatic carbocycles. The molecule has 6 nitrogen and oxygen atoms in total. The van der Waals surface area contributed by atoms with Gasteiger partial charge in [0.15, 0.2) is 6.61 Å². The van der Waals surface area contributed by atoms with Crippen LogP contribution in [-0.4, -0.2) is 47.1 Å². The van der Waals surface area contributed by atoms with Gasteiger partial charge in [0, 0.05) is 30.1 Å². The van der Waals surface area contributed by atoms with Crippen LogP contribution >= 0.6 is 23.2 Å². The number of carbonyl (C=O) groups is 2. The Morgan fingerprint density at radius 1 is 0.972 bits per heavy atom. The number of fused-ring (bicyclic) bond motifs is 3. The molecule has 0 saturated heterocycles. The van der Waals surface area contributed by atoms with Gasteiger partial charge >= 0.3 is 0 Å². The van der Waals surface area contributed by atoms with Crippen molar-refractivity contribution >= 4 is 35.0 Å². The molecule has 0 radical (unpaired) electrons. The molecule has 0 spiro atoms. The topological polar surface area (TPSA) is 78.9 Å². The van der Waals surface area contributed by atoms with Crippen LogP contribution in [0.3, 0.4) is 0 Å². The highest BCUT2D eigenvalue weighted by molar-refractivity contribution is 6.31. The van der Waals surface area contributed by atoms with Crippen LogP contribution in [0.4, 0.5) is 8.78 Å². The smallest absolute Gasteiger partial charge is 0.258 e. The molecule has 0 aliphatic heterocycles. The van der Waals surface area contributed by atoms with E-state index >= 15 is 0 Å². The molecule has 5 rings (SSSR count). The molecule has 194 valence electrons. The Kier molecular flexibility index (Phi) is 8.07. The molecule has 2 amide bonds. The second-order valence-electron chi connectivity index (χ2n) is 9.67. The van der Waals surface area contributed by atoms with E-state index in [4.69, 9.17) is 27.9 Å². The number of halogens is 4. The summed E-state index contributed by atoms with van der Waals surface area (Å²) in [5.41, 5.74) is -0.373. The SMILES string of the molecule is O=C(COc1ccc(Cl)c(F)c1)NC12CCC(C(=O)N(CCO)Cc3ccc(Cl)c(F)c3)(CC1)CC2. The first-order valence-corrected chi connectivity index (χ1v) is 12.6. The lowest BCUT2D eigenvalue weighted by molar-refractivity contribution is -0.151. The predicted molar refractivity (Wildman–Crippen MR) is 132 cm³/mol. The molecule has 0 atom stereocenters. The molecule has 0 heterocycles. The summed E-state index contributed by atoms with van der Waals surface area (Å²) in [5.74, 6) is -1.32. The van der Waals surface area contributed by atoms with E-state index in [9.17, 15) is 23.5 Å². The Balaban J connectivity index is 1.35. The zero-order valence-electron chi connectivity index (χ0n) is 19.7. The quantitative estimate of drug-likeness (QED) is 0.475. The van der Waals surface area contributed by atoms with Crippen LogP contribution in [0.2, 0.25) is 10.0 Å². The number of hydrogen-bond donors (Lipinski definition) is 2. The number of amides is 2. The third kappa shape index (κ3) is 5.76. The number of nitrogens with one attached hydrogen (secondary N) is 1. The summed E-state index contributed by atoms with van der Waals surface area (Å²) in [6, 6.07) is 8.42. The van der Waals surface area contributed by atoms with Crippen molar-refractivity contribution in [3.8, 4) is 5.75 Å². The lowest BCUT2D eigenvalue weighted by Gasteiger charge is -2.53. The lowest BCUT2D eigenvalue weighted by atomic mass is 9.56. The van der Waals surface area contributed by atoms with Crippen molar-refractivity contribution in [3.63, 3.8) is 0 Å². The zero-order chi connectivity index (χ0) is 25.9. The average molecular weight is 541 g/mol. The summed E-state index contributed by atoms with van der Waals surface area (Å²) in [7, 11) is 0. The van der Waals surface area contributed by atoms with Crippen molar-refractivity contribution in [1.29, 1.82) is 0 Å². The Bertz CT molecular complexity index is 1120. The molecular formula is C26H28Cl2F2N2O4. The lowest BCUT2D eigenvalue weighted by Crippen LogP contribution is -2.60. The Morgan fingerprint density at radius 3 is 2.17 bits per heavy atom. The maximum absolute atomic E-state index is 13.9. The first kappa shape index (κ1) is 26.6. The molecule has 0 aromatic heterocycles. The van der Waals surface area contributed by atoms with Gasteiger partial charge in [-0.25, -0.2) is 8.78 Å². The van der Waals surface area contributed by atoms with Crippen LogP contribution in [0.25, 0.3) is 0 Å². The Morgan fingerprint density at radius 2 is 1.58 bits per heavy atom. The largest absolute Gasteiger partial charge is 0.484 e. The van der Waals surface area contributed by atoms with Gasteiger partial charge in [0.1, 0.15) is 17.4 Å². The maximum atomic E-state index is 13.9. The van der Waals surface area contributed by atoms with Gasteiger partial charge in [0.25, 0.3) is 5.91 Å². The minimum Gasteiger partial charge on any atom is -0.484 e. The van der Waals surface area contributed by atoms with Crippen LogP contribution < -0.4 is 10.1 Å². The average Bonchev–Trinajstić information content (AvgIpc) is 2.87. The van der Waals surface area contributed by atoms with E-state index in [2.05, 4.69) is 5.32 Å². The predicted octanol–water partition coefficient (Wildman–Crippen LogP) is 4.88. The highest BCUT2D eigenvalue weighted by Crippen LogP contribution is 2.53. The second-order valence-corrected chi connectivity index (χ2v) is 10.5. The van der Waals surface area contributed by atoms with E-state index in [1.54, 1.807) is 11.0 Å². The van der Waals surface area contributed by atoms with Gasteiger partial charge < -0.3 is 20.1 Å². The fraction of sp³-hybridized carbons (Fsp3) is 0.462. The van der Waals surface area contributed by atoms with Gasteiger partial charge in [0.2, 0.25) is 5.91 Å². The number of nitrogens with zero attached hydrogens (tertiary/aromatic N) is 1. The van der Waals surface area contributed by atoms with E-state index in [0.29, 0.717) is 44.1 Å². The molecule has 0 unspecified atom stereocenters. The van der Waals surface area contributed by atoms with Gasteiger partial charge in [-0.15, -0.1) is 0 Å². The summed E-state index contributed by atoms with van der Waals surface area (Å²) in [4.78, 5) is 27.8. The minimum absolute atomic E-state index is 0.0149. The highest BCUT2D eigenvalue weighted by Gasteiger charge is 2.53. The van der Waals surface area contributed by atoms with Crippen molar-refractivity contribution in [1.82, 2.24) is 10.2 Å². The van der Waals surface area contributed by atoms with Gasteiger partial charge in [-0.1, -0.05) is 29.3 Å². The Labute approximate surface area is 218 Å². The summed E-state index contributed by atoms with van der Waals surface area (Å²) in [6.45, 7) is -0.126. The number of rotatable bonds is 9. The van der Waals surface area contributed by atoms with Gasteiger partial charge in [-0.2, -0.15) is 0 Å². The monoisotopic (exact) mass is 540 g/mol. The second kappa shape index (κ2) is 10.9. The Hall–Kier alpha value is -2.42. The third-order valence-electron chi connectivity index (χ3n) is 7.38. The minimum atomic E-state index is -0.620. The van der Waals surface area contributed by atoms with Crippen molar-refractivity contribution in [2.75, 3.05) is 19.8 Å². The van der Waals surface area contributed by atoms with Crippen LogP contribution in [0.1, 0.15) is 44.1 Å². The van der Waals surface area contributed by atoms with E-state index < -0.39 is 22.6 Å². The van der Waals surface area contributed by atoms with Gasteiger partial charge in [-0.3, -0.25) is 9.59 Å². The molecule has 3 aliphatic rings. The first-order valence-electron chi connectivity index (χ1n) is 11.9.